The van der Waals surface area contributed by atoms with Gasteiger partial charge in [0.25, 0.3) is 0 Å². The summed E-state index contributed by atoms with van der Waals surface area (Å²) in [5.41, 5.74) is 0. The smallest absolute Gasteiger partial charge is 0.00447 e. The molecule has 0 aromatic heterocycles. The molecule has 0 saturated heterocycles. The largest absolute Gasteiger partial charge is 0.183 e. The van der Waals surface area contributed by atoms with Gasteiger partial charge in [-0.15, -0.1) is 12.8 Å². The SMILES string of the molecule is C#CS(C)(C)CCS(C)(C)C#C. The lowest BCUT2D eigenvalue weighted by atomic mass is 11.0. The molecule has 70 valence electrons. The van der Waals surface area contributed by atoms with Crippen LogP contribution in [0.5, 0.6) is 0 Å². The van der Waals surface area contributed by atoms with E-state index < -0.39 is 20.1 Å². The van der Waals surface area contributed by atoms with Gasteiger partial charge >= 0.3 is 0 Å². The molecule has 0 rings (SSSR count). The molecule has 0 aromatic carbocycles. The molecule has 0 N–H and O–H groups in total. The van der Waals surface area contributed by atoms with Crippen LogP contribution in [0.2, 0.25) is 0 Å². The summed E-state index contributed by atoms with van der Waals surface area (Å²) < 4.78 is 0. The van der Waals surface area contributed by atoms with Crippen molar-refractivity contribution in [3.8, 4) is 23.4 Å². The normalized spacial score (nSPS) is 14.5. The molecule has 12 heavy (non-hydrogen) atoms. The van der Waals surface area contributed by atoms with Gasteiger partial charge in [-0.25, -0.2) is 0 Å². The van der Waals surface area contributed by atoms with Crippen molar-refractivity contribution in [2.45, 2.75) is 0 Å². The number of hydrogen-bond donors (Lipinski definition) is 0. The number of hydrogen-bond acceptors (Lipinski definition) is 0. The molecular weight excluding hydrogens is 184 g/mol. The lowest BCUT2D eigenvalue weighted by Crippen LogP contribution is -2.08. The first-order valence-electron chi connectivity index (χ1n) is 3.70. The van der Waals surface area contributed by atoms with E-state index in [-0.39, 0.29) is 0 Å². The number of terminal acetylenes is 2. The predicted octanol–water partition coefficient (Wildman–Crippen LogP) is 2.30. The minimum Gasteiger partial charge on any atom is -0.183 e. The average Bonchev–Trinajstić information content (AvgIpc) is 2.02. The van der Waals surface area contributed by atoms with E-state index in [0.717, 1.165) is 11.5 Å². The van der Waals surface area contributed by atoms with E-state index in [9.17, 15) is 0 Å². The van der Waals surface area contributed by atoms with Gasteiger partial charge in [-0.3, -0.25) is 0 Å². The molecular formula is C10H18S2. The Morgan fingerprint density at radius 3 is 1.25 bits per heavy atom. The Morgan fingerprint density at radius 1 is 0.833 bits per heavy atom. The van der Waals surface area contributed by atoms with E-state index in [1.54, 1.807) is 0 Å². The van der Waals surface area contributed by atoms with Crippen molar-refractivity contribution in [3.05, 3.63) is 0 Å². The molecule has 2 heteroatoms. The third-order valence-corrected chi connectivity index (χ3v) is 5.73. The summed E-state index contributed by atoms with van der Waals surface area (Å²) in [7, 11) is -1.62. The second-order valence-electron chi connectivity index (χ2n) is 3.72. The van der Waals surface area contributed by atoms with Gasteiger partial charge in [-0.2, -0.15) is 20.1 Å². The zero-order valence-electron chi connectivity index (χ0n) is 8.39. The van der Waals surface area contributed by atoms with Crippen LogP contribution < -0.4 is 0 Å². The Morgan fingerprint density at radius 2 is 1.08 bits per heavy atom. The topological polar surface area (TPSA) is 0 Å². The second kappa shape index (κ2) is 4.17. The van der Waals surface area contributed by atoms with E-state index >= 15 is 0 Å². The Hall–Kier alpha value is -0.180. The van der Waals surface area contributed by atoms with Gasteiger partial charge in [0.1, 0.15) is 0 Å². The van der Waals surface area contributed by atoms with Gasteiger partial charge in [-0.1, -0.05) is 10.5 Å². The summed E-state index contributed by atoms with van der Waals surface area (Å²) in [4.78, 5) is 0. The van der Waals surface area contributed by atoms with Crippen LogP contribution in [0.3, 0.4) is 0 Å². The zero-order valence-corrected chi connectivity index (χ0v) is 10.0. The molecule has 0 radical (unpaired) electrons. The fourth-order valence-electron chi connectivity index (χ4n) is 0.535. The van der Waals surface area contributed by atoms with Gasteiger partial charge in [0, 0.05) is 0 Å². The summed E-state index contributed by atoms with van der Waals surface area (Å²) in [6.07, 6.45) is 19.5. The van der Waals surface area contributed by atoms with Gasteiger partial charge < -0.3 is 0 Å². The minimum absolute atomic E-state index is 0.810. The maximum atomic E-state index is 5.42. The monoisotopic (exact) mass is 202 g/mol. The van der Waals surface area contributed by atoms with E-state index in [0.29, 0.717) is 0 Å². The van der Waals surface area contributed by atoms with Crippen LogP contribution in [0.4, 0.5) is 0 Å². The molecule has 0 saturated carbocycles. The first-order chi connectivity index (χ1) is 5.33. The molecule has 0 fully saturated rings. The summed E-state index contributed by atoms with van der Waals surface area (Å²) in [5, 5.41) is 5.73. The molecule has 0 aliphatic heterocycles. The fraction of sp³-hybridized carbons (Fsp3) is 0.600. The van der Waals surface area contributed by atoms with Crippen LogP contribution in [0, 0.1) is 23.4 Å². The summed E-state index contributed by atoms with van der Waals surface area (Å²) >= 11 is 0. The zero-order chi connectivity index (χ0) is 9.83. The van der Waals surface area contributed by atoms with Crippen molar-refractivity contribution in [2.24, 2.45) is 0 Å². The van der Waals surface area contributed by atoms with Crippen molar-refractivity contribution >= 4 is 20.1 Å². The molecule has 0 aliphatic carbocycles. The molecule has 0 unspecified atom stereocenters. The molecule has 0 spiro atoms. The molecule has 0 amide bonds. The Balaban J connectivity index is 4.04. The lowest BCUT2D eigenvalue weighted by Gasteiger charge is -2.30. The Kier molecular flexibility index (Phi) is 4.11. The van der Waals surface area contributed by atoms with Gasteiger partial charge in [0.15, 0.2) is 0 Å². The Bertz CT molecular complexity index is 199. The highest BCUT2D eigenvalue weighted by atomic mass is 32.3. The van der Waals surface area contributed by atoms with Crippen LogP contribution in [0.25, 0.3) is 0 Å². The highest BCUT2D eigenvalue weighted by molar-refractivity contribution is 8.39. The van der Waals surface area contributed by atoms with Crippen molar-refractivity contribution in [1.82, 2.24) is 0 Å². The van der Waals surface area contributed by atoms with Crippen LogP contribution in [-0.2, 0) is 0 Å². The third kappa shape index (κ3) is 4.65. The van der Waals surface area contributed by atoms with Crippen LogP contribution in [-0.4, -0.2) is 36.5 Å². The number of rotatable bonds is 3. The summed E-state index contributed by atoms with van der Waals surface area (Å²) in [5.74, 6) is 2.21. The highest BCUT2D eigenvalue weighted by Gasteiger charge is 2.13. The van der Waals surface area contributed by atoms with E-state index in [2.05, 4.69) is 35.5 Å². The average molecular weight is 202 g/mol. The van der Waals surface area contributed by atoms with Crippen LogP contribution in [0.15, 0.2) is 0 Å². The van der Waals surface area contributed by atoms with E-state index in [4.69, 9.17) is 12.8 Å². The third-order valence-electron chi connectivity index (χ3n) is 1.74. The summed E-state index contributed by atoms with van der Waals surface area (Å²) in [6, 6.07) is 0. The molecule has 0 aliphatic rings. The standard InChI is InChI=1S/C10H18S2/c1-7-11(3,4)9-10-12(5,6)8-2/h1-2H,9-10H2,3-6H3. The fourth-order valence-corrected chi connectivity index (χ4v) is 4.10. The minimum atomic E-state index is -0.810. The quantitative estimate of drug-likeness (QED) is 0.616. The van der Waals surface area contributed by atoms with Crippen LogP contribution >= 0.6 is 20.1 Å². The first-order valence-corrected chi connectivity index (χ1v) is 8.93. The first kappa shape index (κ1) is 11.8. The molecule has 0 aromatic rings. The van der Waals surface area contributed by atoms with Crippen molar-refractivity contribution in [3.63, 3.8) is 0 Å². The maximum absolute atomic E-state index is 5.42. The lowest BCUT2D eigenvalue weighted by molar-refractivity contribution is 1.51. The maximum Gasteiger partial charge on any atom is -0.00447 e. The van der Waals surface area contributed by atoms with Gasteiger partial charge in [-0.05, 0) is 36.5 Å². The van der Waals surface area contributed by atoms with E-state index in [1.165, 1.54) is 0 Å². The second-order valence-corrected chi connectivity index (χ2v) is 11.2. The van der Waals surface area contributed by atoms with Gasteiger partial charge in [0.2, 0.25) is 0 Å². The van der Waals surface area contributed by atoms with Crippen molar-refractivity contribution < 1.29 is 0 Å². The van der Waals surface area contributed by atoms with E-state index in [1.807, 2.05) is 0 Å². The van der Waals surface area contributed by atoms with Crippen LogP contribution in [0.1, 0.15) is 0 Å². The van der Waals surface area contributed by atoms with Gasteiger partial charge in [0.05, 0.1) is 0 Å². The molecule has 0 heterocycles. The molecule has 0 bridgehead atoms. The predicted molar refractivity (Wildman–Crippen MR) is 66.3 cm³/mol. The van der Waals surface area contributed by atoms with Crippen molar-refractivity contribution in [1.29, 1.82) is 0 Å². The summed E-state index contributed by atoms with van der Waals surface area (Å²) in [6.45, 7) is 0. The highest BCUT2D eigenvalue weighted by Crippen LogP contribution is 2.45. The molecule has 0 nitrogen and oxygen atoms in total. The molecule has 0 atom stereocenters. The Labute approximate surface area is 80.1 Å². The van der Waals surface area contributed by atoms with Crippen molar-refractivity contribution in [2.75, 3.05) is 36.5 Å².